The number of hydrogen-bond donors (Lipinski definition) is 2. The molecule has 0 radical (unpaired) electrons. The molecule has 116 valence electrons. The van der Waals surface area contributed by atoms with Gasteiger partial charge in [-0.25, -0.2) is 4.79 Å². The van der Waals surface area contributed by atoms with Gasteiger partial charge >= 0.3 is 6.09 Å². The minimum atomic E-state index is -0.572. The largest absolute Gasteiger partial charge is 0.497 e. The van der Waals surface area contributed by atoms with Crippen molar-refractivity contribution >= 4 is 6.09 Å². The Morgan fingerprint density at radius 3 is 3.05 bits per heavy atom. The molecule has 2 rings (SSSR count). The van der Waals surface area contributed by atoms with Gasteiger partial charge in [-0.15, -0.1) is 0 Å². The second kappa shape index (κ2) is 7.28. The number of hydrogen-bond acceptors (Lipinski definition) is 5. The zero-order valence-electron chi connectivity index (χ0n) is 12.4. The van der Waals surface area contributed by atoms with Crippen molar-refractivity contribution < 1.29 is 19.4 Å². The third kappa shape index (κ3) is 4.34. The molecule has 0 bridgehead atoms. The molecule has 0 aliphatic carbocycles. The number of aliphatic hydroxyl groups excluding tert-OH is 1. The normalized spacial score (nSPS) is 20.0. The molecule has 1 fully saturated rings. The van der Waals surface area contributed by atoms with Crippen LogP contribution in [0.5, 0.6) is 5.75 Å². The van der Waals surface area contributed by atoms with Gasteiger partial charge in [0.2, 0.25) is 0 Å². The number of aliphatic hydroxyl groups is 1. The third-order valence-electron chi connectivity index (χ3n) is 3.69. The van der Waals surface area contributed by atoms with Crippen molar-refractivity contribution in [3.8, 4) is 5.75 Å². The number of rotatable bonds is 5. The fourth-order valence-corrected chi connectivity index (χ4v) is 2.54. The average molecular weight is 294 g/mol. The van der Waals surface area contributed by atoms with Gasteiger partial charge in [0.05, 0.1) is 20.3 Å². The molecule has 1 saturated heterocycles. The van der Waals surface area contributed by atoms with Crippen LogP contribution in [0.2, 0.25) is 0 Å². The summed E-state index contributed by atoms with van der Waals surface area (Å²) in [5.41, 5.74) is 0.832. The fraction of sp³-hybridized carbons (Fsp3) is 0.533. The summed E-state index contributed by atoms with van der Waals surface area (Å²) < 4.78 is 9.75. The standard InChI is InChI=1S/C15H22N2O4/c1-20-13-5-3-4-11(8-13)14(18)10-17-7-6-12(9-17)16-15(19)21-2/h3-5,8,12,14,18H,6-7,9-10H2,1-2H3,(H,16,19). The predicted octanol–water partition coefficient (Wildman–Crippen LogP) is 1.16. The lowest BCUT2D eigenvalue weighted by atomic mass is 10.1. The second-order valence-corrected chi connectivity index (χ2v) is 5.17. The molecule has 0 saturated carbocycles. The van der Waals surface area contributed by atoms with E-state index in [1.807, 2.05) is 24.3 Å². The summed E-state index contributed by atoms with van der Waals surface area (Å²) in [5.74, 6) is 0.734. The van der Waals surface area contributed by atoms with Crippen LogP contribution in [0.3, 0.4) is 0 Å². The van der Waals surface area contributed by atoms with Gasteiger partial charge in [0.25, 0.3) is 0 Å². The Labute approximate surface area is 124 Å². The number of benzene rings is 1. The van der Waals surface area contributed by atoms with Crippen LogP contribution in [-0.4, -0.2) is 56.0 Å². The van der Waals surface area contributed by atoms with E-state index in [9.17, 15) is 9.90 Å². The molecule has 1 aliphatic rings. The lowest BCUT2D eigenvalue weighted by Gasteiger charge is -2.20. The SMILES string of the molecule is COC(=O)NC1CCN(CC(O)c2cccc(OC)c2)C1. The maximum Gasteiger partial charge on any atom is 0.407 e. The molecule has 21 heavy (non-hydrogen) atoms. The van der Waals surface area contributed by atoms with E-state index in [1.54, 1.807) is 7.11 Å². The molecule has 6 nitrogen and oxygen atoms in total. The van der Waals surface area contributed by atoms with Crippen LogP contribution < -0.4 is 10.1 Å². The lowest BCUT2D eigenvalue weighted by Crippen LogP contribution is -2.37. The molecule has 0 spiro atoms. The Hall–Kier alpha value is -1.79. The summed E-state index contributed by atoms with van der Waals surface area (Å²) in [7, 11) is 2.96. The number of carbonyl (C=O) groups excluding carboxylic acids is 1. The average Bonchev–Trinajstić information content (AvgIpc) is 2.94. The Morgan fingerprint density at radius 2 is 2.33 bits per heavy atom. The van der Waals surface area contributed by atoms with Crippen LogP contribution >= 0.6 is 0 Å². The zero-order valence-corrected chi connectivity index (χ0v) is 12.4. The van der Waals surface area contributed by atoms with Crippen LogP contribution in [0.4, 0.5) is 4.79 Å². The molecule has 1 aromatic carbocycles. The summed E-state index contributed by atoms with van der Waals surface area (Å²) in [5, 5.41) is 13.1. The summed E-state index contributed by atoms with van der Waals surface area (Å²) in [6, 6.07) is 7.51. The minimum absolute atomic E-state index is 0.0787. The van der Waals surface area contributed by atoms with Gasteiger partial charge < -0.3 is 19.9 Å². The molecule has 2 N–H and O–H groups in total. The van der Waals surface area contributed by atoms with E-state index in [4.69, 9.17) is 4.74 Å². The van der Waals surface area contributed by atoms with Gasteiger partial charge in [0.1, 0.15) is 5.75 Å². The number of nitrogens with one attached hydrogen (secondary N) is 1. The van der Waals surface area contributed by atoms with E-state index < -0.39 is 12.2 Å². The van der Waals surface area contributed by atoms with Crippen molar-refractivity contribution in [2.24, 2.45) is 0 Å². The van der Waals surface area contributed by atoms with Gasteiger partial charge in [0, 0.05) is 25.7 Å². The Morgan fingerprint density at radius 1 is 1.52 bits per heavy atom. The maximum absolute atomic E-state index is 11.2. The van der Waals surface area contributed by atoms with Gasteiger partial charge in [0.15, 0.2) is 0 Å². The van der Waals surface area contributed by atoms with Crippen molar-refractivity contribution in [3.63, 3.8) is 0 Å². The highest BCUT2D eigenvalue weighted by atomic mass is 16.5. The van der Waals surface area contributed by atoms with Gasteiger partial charge in [-0.2, -0.15) is 0 Å². The van der Waals surface area contributed by atoms with E-state index in [-0.39, 0.29) is 6.04 Å². The van der Waals surface area contributed by atoms with Gasteiger partial charge in [-0.05, 0) is 24.1 Å². The Kier molecular flexibility index (Phi) is 5.41. The van der Waals surface area contributed by atoms with E-state index in [0.717, 1.165) is 30.8 Å². The molecule has 2 unspecified atom stereocenters. The summed E-state index contributed by atoms with van der Waals surface area (Å²) in [4.78, 5) is 13.3. The van der Waals surface area contributed by atoms with Crippen LogP contribution in [0.25, 0.3) is 0 Å². The van der Waals surface area contributed by atoms with Gasteiger partial charge in [-0.3, -0.25) is 4.90 Å². The molecule has 1 aromatic rings. The topological polar surface area (TPSA) is 71.0 Å². The van der Waals surface area contributed by atoms with Crippen molar-refractivity contribution in [2.45, 2.75) is 18.6 Å². The van der Waals surface area contributed by atoms with E-state index in [0.29, 0.717) is 6.54 Å². The summed E-state index contributed by atoms with van der Waals surface area (Å²) in [6.45, 7) is 2.10. The Bertz CT molecular complexity index is 480. The maximum atomic E-state index is 11.2. The molecule has 0 aromatic heterocycles. The highest BCUT2D eigenvalue weighted by Gasteiger charge is 2.25. The first-order valence-corrected chi connectivity index (χ1v) is 7.01. The number of likely N-dealkylation sites (tertiary alicyclic amines) is 1. The minimum Gasteiger partial charge on any atom is -0.497 e. The number of nitrogens with zero attached hydrogens (tertiary/aromatic N) is 1. The summed E-state index contributed by atoms with van der Waals surface area (Å²) in [6.07, 6.45) is -0.118. The molecule has 1 aliphatic heterocycles. The van der Waals surface area contributed by atoms with Crippen molar-refractivity contribution in [2.75, 3.05) is 33.9 Å². The third-order valence-corrected chi connectivity index (χ3v) is 3.69. The number of ether oxygens (including phenoxy) is 2. The first-order valence-electron chi connectivity index (χ1n) is 7.01. The molecular weight excluding hydrogens is 272 g/mol. The highest BCUT2D eigenvalue weighted by Crippen LogP contribution is 2.21. The molecule has 6 heteroatoms. The van der Waals surface area contributed by atoms with Crippen molar-refractivity contribution in [3.05, 3.63) is 29.8 Å². The number of β-amino-alcohol motifs (C(OH)–C–C–N with tert-alkyl or cyclic N) is 1. The van der Waals surface area contributed by atoms with Crippen LogP contribution in [0, 0.1) is 0 Å². The Balaban J connectivity index is 1.86. The van der Waals surface area contributed by atoms with E-state index in [2.05, 4.69) is 15.0 Å². The number of amides is 1. The summed E-state index contributed by atoms with van der Waals surface area (Å²) >= 11 is 0. The number of carbonyl (C=O) groups is 1. The van der Waals surface area contributed by atoms with Crippen LogP contribution in [-0.2, 0) is 4.74 Å². The van der Waals surface area contributed by atoms with E-state index >= 15 is 0 Å². The molecule has 1 heterocycles. The predicted molar refractivity (Wildman–Crippen MR) is 78.3 cm³/mol. The monoisotopic (exact) mass is 294 g/mol. The smallest absolute Gasteiger partial charge is 0.407 e. The molecule has 2 atom stereocenters. The van der Waals surface area contributed by atoms with Crippen molar-refractivity contribution in [1.82, 2.24) is 10.2 Å². The van der Waals surface area contributed by atoms with Gasteiger partial charge in [-0.1, -0.05) is 12.1 Å². The molecular formula is C15H22N2O4. The lowest BCUT2D eigenvalue weighted by molar-refractivity contribution is 0.124. The quantitative estimate of drug-likeness (QED) is 0.852. The van der Waals surface area contributed by atoms with Crippen LogP contribution in [0.15, 0.2) is 24.3 Å². The zero-order chi connectivity index (χ0) is 15.2. The van der Waals surface area contributed by atoms with Crippen molar-refractivity contribution in [1.29, 1.82) is 0 Å². The number of methoxy groups -OCH3 is 2. The van der Waals surface area contributed by atoms with Crippen LogP contribution in [0.1, 0.15) is 18.1 Å². The number of alkyl carbamates (subject to hydrolysis) is 1. The fourth-order valence-electron chi connectivity index (χ4n) is 2.54. The first-order chi connectivity index (χ1) is 10.1. The van der Waals surface area contributed by atoms with E-state index in [1.165, 1.54) is 7.11 Å². The second-order valence-electron chi connectivity index (χ2n) is 5.17. The molecule has 1 amide bonds. The first kappa shape index (κ1) is 15.6. The highest BCUT2D eigenvalue weighted by molar-refractivity contribution is 5.67.